The highest BCUT2D eigenvalue weighted by molar-refractivity contribution is 9.10. The first-order valence-corrected chi connectivity index (χ1v) is 11.5. The van der Waals surface area contributed by atoms with E-state index in [1.54, 1.807) is 10.6 Å². The summed E-state index contributed by atoms with van der Waals surface area (Å²) >= 11 is 3.46. The standard InChI is InChI=1S/C25H30BrN3O2/c1-6-15-28(22(30)16-25(3,4)5)17(2)23-27-21-10-8-7-9-20(21)24(31)29(23)19-13-11-18(26)12-14-19/h7-14,17H,6,15-16H2,1-5H3. The Morgan fingerprint density at radius 1 is 1.13 bits per heavy atom. The van der Waals surface area contributed by atoms with Crippen LogP contribution in [0.2, 0.25) is 0 Å². The van der Waals surface area contributed by atoms with Gasteiger partial charge in [0.25, 0.3) is 5.56 Å². The first kappa shape index (κ1) is 23.2. The minimum absolute atomic E-state index is 0.0756. The molecule has 0 N–H and O–H groups in total. The minimum Gasteiger partial charge on any atom is -0.333 e. The largest absolute Gasteiger partial charge is 0.333 e. The Balaban J connectivity index is 2.20. The number of halogens is 1. The molecule has 164 valence electrons. The summed E-state index contributed by atoms with van der Waals surface area (Å²) in [5, 5.41) is 0.560. The van der Waals surface area contributed by atoms with E-state index in [0.717, 1.165) is 16.6 Å². The number of carbonyl (C=O) groups excluding carboxylic acids is 1. The summed E-state index contributed by atoms with van der Waals surface area (Å²) in [6, 6.07) is 14.6. The Bertz CT molecular complexity index is 1130. The molecular weight excluding hydrogens is 454 g/mol. The lowest BCUT2D eigenvalue weighted by Gasteiger charge is -2.32. The molecule has 5 nitrogen and oxygen atoms in total. The number of rotatable bonds is 6. The smallest absolute Gasteiger partial charge is 0.266 e. The molecule has 0 fully saturated rings. The second kappa shape index (κ2) is 9.35. The zero-order chi connectivity index (χ0) is 22.8. The van der Waals surface area contributed by atoms with Crippen molar-refractivity contribution in [3.05, 3.63) is 69.2 Å². The van der Waals surface area contributed by atoms with E-state index in [9.17, 15) is 9.59 Å². The number of fused-ring (bicyclic) bond motifs is 1. The minimum atomic E-state index is -0.351. The van der Waals surface area contributed by atoms with Gasteiger partial charge in [-0.2, -0.15) is 0 Å². The van der Waals surface area contributed by atoms with E-state index < -0.39 is 0 Å². The van der Waals surface area contributed by atoms with E-state index in [4.69, 9.17) is 4.98 Å². The van der Waals surface area contributed by atoms with Gasteiger partial charge in [-0.05, 0) is 55.2 Å². The Hall–Kier alpha value is -2.47. The van der Waals surface area contributed by atoms with Gasteiger partial charge in [0.1, 0.15) is 5.82 Å². The van der Waals surface area contributed by atoms with Gasteiger partial charge in [-0.1, -0.05) is 55.8 Å². The molecule has 0 spiro atoms. The van der Waals surface area contributed by atoms with E-state index >= 15 is 0 Å². The van der Waals surface area contributed by atoms with E-state index in [2.05, 4.69) is 43.6 Å². The highest BCUT2D eigenvalue weighted by Gasteiger charge is 2.28. The average molecular weight is 484 g/mol. The van der Waals surface area contributed by atoms with Gasteiger partial charge in [-0.3, -0.25) is 14.2 Å². The van der Waals surface area contributed by atoms with Crippen LogP contribution in [0.5, 0.6) is 0 Å². The van der Waals surface area contributed by atoms with E-state index in [0.29, 0.717) is 29.7 Å². The molecule has 0 aliphatic heterocycles. The normalized spacial score (nSPS) is 12.7. The van der Waals surface area contributed by atoms with Crippen molar-refractivity contribution >= 4 is 32.7 Å². The summed E-state index contributed by atoms with van der Waals surface area (Å²) in [6.45, 7) is 10.8. The lowest BCUT2D eigenvalue weighted by Crippen LogP contribution is -2.39. The Morgan fingerprint density at radius 2 is 1.77 bits per heavy atom. The summed E-state index contributed by atoms with van der Waals surface area (Å²) < 4.78 is 2.58. The van der Waals surface area contributed by atoms with Crippen LogP contribution in [0, 0.1) is 5.41 Å². The highest BCUT2D eigenvalue weighted by Crippen LogP contribution is 2.27. The van der Waals surface area contributed by atoms with Crippen LogP contribution in [0.25, 0.3) is 16.6 Å². The molecule has 2 aromatic carbocycles. The highest BCUT2D eigenvalue weighted by atomic mass is 79.9. The van der Waals surface area contributed by atoms with E-state index in [-0.39, 0.29) is 22.9 Å². The molecule has 0 saturated carbocycles. The quantitative estimate of drug-likeness (QED) is 0.439. The summed E-state index contributed by atoms with van der Waals surface area (Å²) in [4.78, 5) is 33.5. The van der Waals surface area contributed by atoms with Gasteiger partial charge in [0, 0.05) is 17.4 Å². The molecule has 1 aromatic heterocycles. The summed E-state index contributed by atoms with van der Waals surface area (Å²) in [5.74, 6) is 0.647. The lowest BCUT2D eigenvalue weighted by atomic mass is 9.91. The Kier molecular flexibility index (Phi) is 6.99. The second-order valence-corrected chi connectivity index (χ2v) is 10.0. The first-order chi connectivity index (χ1) is 14.6. The second-order valence-electron chi connectivity index (χ2n) is 9.10. The molecule has 3 aromatic rings. The van der Waals surface area contributed by atoms with Crippen LogP contribution in [-0.2, 0) is 4.79 Å². The fourth-order valence-electron chi connectivity index (χ4n) is 3.74. The van der Waals surface area contributed by atoms with Crippen molar-refractivity contribution in [3.8, 4) is 5.69 Å². The molecule has 1 atom stereocenters. The molecule has 0 aliphatic rings. The number of aromatic nitrogens is 2. The Morgan fingerprint density at radius 3 is 2.39 bits per heavy atom. The molecule has 0 bridgehead atoms. The zero-order valence-electron chi connectivity index (χ0n) is 18.9. The molecule has 0 aliphatic carbocycles. The predicted octanol–water partition coefficient (Wildman–Crippen LogP) is 5.88. The third kappa shape index (κ3) is 5.24. The van der Waals surface area contributed by atoms with Gasteiger partial charge in [0.05, 0.1) is 22.6 Å². The van der Waals surface area contributed by atoms with Crippen molar-refractivity contribution in [2.75, 3.05) is 6.54 Å². The van der Waals surface area contributed by atoms with Gasteiger partial charge in [-0.15, -0.1) is 0 Å². The van der Waals surface area contributed by atoms with Crippen molar-refractivity contribution in [2.45, 2.75) is 53.5 Å². The van der Waals surface area contributed by atoms with Gasteiger partial charge in [0.2, 0.25) is 5.91 Å². The first-order valence-electron chi connectivity index (χ1n) is 10.7. The van der Waals surface area contributed by atoms with Gasteiger partial charge >= 0.3 is 0 Å². The van der Waals surface area contributed by atoms with Crippen LogP contribution < -0.4 is 5.56 Å². The zero-order valence-corrected chi connectivity index (χ0v) is 20.4. The van der Waals surface area contributed by atoms with Crippen molar-refractivity contribution in [2.24, 2.45) is 5.41 Å². The third-order valence-electron chi connectivity index (χ3n) is 5.19. The SMILES string of the molecule is CCCN(C(=O)CC(C)(C)C)C(C)c1nc2ccccc2c(=O)n1-c1ccc(Br)cc1. The number of para-hydroxylation sites is 1. The van der Waals surface area contributed by atoms with Gasteiger partial charge in [-0.25, -0.2) is 4.98 Å². The predicted molar refractivity (Wildman–Crippen MR) is 130 cm³/mol. The number of hydrogen-bond donors (Lipinski definition) is 0. The van der Waals surface area contributed by atoms with Crippen molar-refractivity contribution in [1.82, 2.24) is 14.5 Å². The van der Waals surface area contributed by atoms with Crippen LogP contribution in [0.4, 0.5) is 0 Å². The van der Waals surface area contributed by atoms with Crippen LogP contribution in [0.1, 0.15) is 59.3 Å². The molecule has 0 saturated heterocycles. The number of benzene rings is 2. The van der Waals surface area contributed by atoms with Crippen molar-refractivity contribution in [3.63, 3.8) is 0 Å². The maximum atomic E-state index is 13.5. The summed E-state index contributed by atoms with van der Waals surface area (Å²) in [7, 11) is 0. The van der Waals surface area contributed by atoms with Crippen LogP contribution in [-0.4, -0.2) is 26.9 Å². The molecule has 1 unspecified atom stereocenters. The monoisotopic (exact) mass is 483 g/mol. The van der Waals surface area contributed by atoms with Gasteiger partial charge < -0.3 is 4.90 Å². The van der Waals surface area contributed by atoms with Crippen LogP contribution >= 0.6 is 15.9 Å². The number of amides is 1. The number of hydrogen-bond acceptors (Lipinski definition) is 3. The van der Waals surface area contributed by atoms with E-state index in [1.165, 1.54) is 0 Å². The topological polar surface area (TPSA) is 55.2 Å². The summed E-state index contributed by atoms with van der Waals surface area (Å²) in [6.07, 6.45) is 1.27. The fourth-order valence-corrected chi connectivity index (χ4v) is 4.00. The molecule has 31 heavy (non-hydrogen) atoms. The van der Waals surface area contributed by atoms with Crippen LogP contribution in [0.15, 0.2) is 57.8 Å². The Labute approximate surface area is 192 Å². The van der Waals surface area contributed by atoms with E-state index in [1.807, 2.05) is 54.3 Å². The maximum absolute atomic E-state index is 13.5. The molecule has 1 amide bonds. The van der Waals surface area contributed by atoms with Crippen LogP contribution in [0.3, 0.4) is 0 Å². The molecule has 3 rings (SSSR count). The molecular formula is C25H30BrN3O2. The number of carbonyl (C=O) groups is 1. The van der Waals surface area contributed by atoms with Crippen molar-refractivity contribution < 1.29 is 4.79 Å². The molecule has 6 heteroatoms. The molecule has 1 heterocycles. The van der Waals surface area contributed by atoms with Gasteiger partial charge in [0.15, 0.2) is 0 Å². The molecule has 0 radical (unpaired) electrons. The lowest BCUT2D eigenvalue weighted by molar-refractivity contribution is -0.135. The average Bonchev–Trinajstić information content (AvgIpc) is 2.71. The maximum Gasteiger partial charge on any atom is 0.266 e. The summed E-state index contributed by atoms with van der Waals surface area (Å²) in [5.41, 5.74) is 1.12. The van der Waals surface area contributed by atoms with Crippen molar-refractivity contribution in [1.29, 1.82) is 0 Å². The third-order valence-corrected chi connectivity index (χ3v) is 5.72. The fraction of sp³-hybridized carbons (Fsp3) is 0.400. The number of nitrogens with zero attached hydrogens (tertiary/aromatic N) is 3.